The molecule has 2 heterocycles. The van der Waals surface area contributed by atoms with Gasteiger partial charge in [0, 0.05) is 23.9 Å². The molecule has 3 N–H and O–H groups in total. The third-order valence-corrected chi connectivity index (χ3v) is 7.08. The number of aliphatic carboxylic acids is 1. The summed E-state index contributed by atoms with van der Waals surface area (Å²) in [6.07, 6.45) is 4.29. The number of aliphatic hydroxyl groups excluding tert-OH is 3. The van der Waals surface area contributed by atoms with E-state index in [1.165, 1.54) is 6.08 Å². The minimum atomic E-state index is -1.06. The second kappa shape index (κ2) is 16.8. The maximum absolute atomic E-state index is 12.0. The third kappa shape index (κ3) is 11.6. The van der Waals surface area contributed by atoms with Crippen LogP contribution in [0.4, 0.5) is 0 Å². The van der Waals surface area contributed by atoms with Crippen molar-refractivity contribution in [3.05, 3.63) is 11.6 Å². The van der Waals surface area contributed by atoms with E-state index in [9.17, 15) is 30.0 Å². The minimum absolute atomic E-state index is 0. The SMILES string of the molecule is C/C(=C\C(=O)OCCCCCCCCC(=O)[O-])C[C@@H]1OC[C@H](C[C@@H]2O[C@H]2[C@@H](C)[C@H](C)O)[C@@H](O)[C@H]1O.[Li+]. The number of aliphatic hydroxyl groups is 3. The monoisotopic (exact) mass is 506 g/mol. The Bertz CT molecular complexity index is 699. The number of carbonyl (C=O) groups is 2. The summed E-state index contributed by atoms with van der Waals surface area (Å²) in [5.41, 5.74) is 0.703. The second-order valence-electron chi connectivity index (χ2n) is 10.2. The summed E-state index contributed by atoms with van der Waals surface area (Å²) >= 11 is 0. The number of epoxide rings is 1. The predicted molar refractivity (Wildman–Crippen MR) is 126 cm³/mol. The van der Waals surface area contributed by atoms with E-state index in [1.54, 1.807) is 13.8 Å². The van der Waals surface area contributed by atoms with Gasteiger partial charge in [0.2, 0.25) is 0 Å². The summed E-state index contributed by atoms with van der Waals surface area (Å²) in [4.78, 5) is 22.4. The van der Waals surface area contributed by atoms with Gasteiger partial charge >= 0.3 is 24.8 Å². The predicted octanol–water partition coefficient (Wildman–Crippen LogP) is -1.74. The van der Waals surface area contributed by atoms with Crippen molar-refractivity contribution in [1.29, 1.82) is 0 Å². The van der Waals surface area contributed by atoms with Crippen LogP contribution in [-0.4, -0.2) is 77.1 Å². The number of esters is 1. The largest absolute Gasteiger partial charge is 1.00 e. The Hall–Kier alpha value is -0.923. The van der Waals surface area contributed by atoms with Gasteiger partial charge in [-0.15, -0.1) is 0 Å². The van der Waals surface area contributed by atoms with Gasteiger partial charge in [0.25, 0.3) is 0 Å². The molecule has 0 saturated carbocycles. The number of ether oxygens (including phenoxy) is 3. The minimum Gasteiger partial charge on any atom is -0.550 e. The Kier molecular flexibility index (Phi) is 15.5. The van der Waals surface area contributed by atoms with Crippen LogP contribution in [0.25, 0.3) is 0 Å². The Balaban J connectivity index is 0.00000648. The van der Waals surface area contributed by atoms with Gasteiger partial charge in [-0.2, -0.15) is 0 Å². The van der Waals surface area contributed by atoms with Gasteiger partial charge in [-0.05, 0) is 46.0 Å². The molecule has 0 aromatic carbocycles. The average Bonchev–Trinajstić information content (AvgIpc) is 3.55. The summed E-state index contributed by atoms with van der Waals surface area (Å²) in [5, 5.41) is 41.2. The molecule has 2 aliphatic heterocycles. The molecule has 8 atom stereocenters. The van der Waals surface area contributed by atoms with Crippen LogP contribution >= 0.6 is 0 Å². The van der Waals surface area contributed by atoms with E-state index in [0.29, 0.717) is 38.0 Å². The van der Waals surface area contributed by atoms with Crippen molar-refractivity contribution in [2.24, 2.45) is 11.8 Å². The number of carboxylic acid groups (broad SMARTS) is 1. The number of rotatable bonds is 16. The van der Waals surface area contributed by atoms with Crippen molar-refractivity contribution in [1.82, 2.24) is 0 Å². The molecule has 0 aliphatic carbocycles. The summed E-state index contributed by atoms with van der Waals surface area (Å²) in [6.45, 7) is 6.05. The van der Waals surface area contributed by atoms with Crippen molar-refractivity contribution >= 4 is 11.9 Å². The standard InChI is InChI=1S/C26H44O9.Li/c1-16(13-23(30)33-11-9-7-5-4-6-8-10-22(28)29)12-20-25(32)24(31)19(15-34-20)14-21-26(35-21)17(2)18(3)27;/h13,17-21,24-27,31-32H,4-12,14-15H2,1-3H3,(H,28,29);/q;+1/p-1/b16-13+;/t17-,18-,19-,20-,21-,24+,25-,26-;/m0./s1. The molecule has 0 radical (unpaired) electrons. The fraction of sp³-hybridized carbons (Fsp3) is 0.846. The van der Waals surface area contributed by atoms with Crippen LogP contribution in [0.5, 0.6) is 0 Å². The van der Waals surface area contributed by atoms with Gasteiger partial charge in [-0.1, -0.05) is 38.2 Å². The Labute approximate surface area is 226 Å². The molecule has 36 heavy (non-hydrogen) atoms. The van der Waals surface area contributed by atoms with Gasteiger partial charge in [-0.25, -0.2) is 4.79 Å². The molecule has 2 fully saturated rings. The average molecular weight is 507 g/mol. The molecule has 2 aliphatic rings. The van der Waals surface area contributed by atoms with Crippen LogP contribution in [0.2, 0.25) is 0 Å². The van der Waals surface area contributed by atoms with E-state index in [0.717, 1.165) is 32.1 Å². The molecule has 0 amide bonds. The summed E-state index contributed by atoms with van der Waals surface area (Å²) in [7, 11) is 0. The third-order valence-electron chi connectivity index (χ3n) is 7.08. The van der Waals surface area contributed by atoms with Crippen LogP contribution < -0.4 is 24.0 Å². The number of hydrogen-bond donors (Lipinski definition) is 3. The molecule has 0 bridgehead atoms. The Morgan fingerprint density at radius 3 is 2.33 bits per heavy atom. The van der Waals surface area contributed by atoms with Gasteiger partial charge < -0.3 is 39.4 Å². The topological polar surface area (TPSA) is 149 Å². The number of carbonyl (C=O) groups excluding carboxylic acids is 2. The zero-order chi connectivity index (χ0) is 26.0. The maximum atomic E-state index is 12.0. The number of unbranched alkanes of at least 4 members (excludes halogenated alkanes) is 5. The van der Waals surface area contributed by atoms with Crippen molar-refractivity contribution in [2.45, 2.75) is 115 Å². The van der Waals surface area contributed by atoms with Crippen LogP contribution in [-0.2, 0) is 23.8 Å². The molecule has 10 heteroatoms. The zero-order valence-corrected chi connectivity index (χ0v) is 22.3. The van der Waals surface area contributed by atoms with E-state index in [1.807, 2.05) is 6.92 Å². The van der Waals surface area contributed by atoms with Crippen LogP contribution in [0.1, 0.15) is 78.6 Å². The molecule has 0 unspecified atom stereocenters. The first kappa shape index (κ1) is 33.1. The number of hydrogen-bond acceptors (Lipinski definition) is 9. The van der Waals surface area contributed by atoms with Crippen molar-refractivity contribution in [3.63, 3.8) is 0 Å². The van der Waals surface area contributed by atoms with Crippen molar-refractivity contribution < 1.29 is 63.1 Å². The second-order valence-corrected chi connectivity index (χ2v) is 10.2. The number of carboxylic acids is 1. The summed E-state index contributed by atoms with van der Waals surface area (Å²) < 4.78 is 16.7. The zero-order valence-electron chi connectivity index (χ0n) is 22.3. The fourth-order valence-corrected chi connectivity index (χ4v) is 4.58. The molecule has 0 aromatic rings. The normalized spacial score (nSPS) is 29.7. The van der Waals surface area contributed by atoms with E-state index in [-0.39, 0.29) is 49.3 Å². The molecular weight excluding hydrogens is 463 g/mol. The Morgan fingerprint density at radius 2 is 1.69 bits per heavy atom. The van der Waals surface area contributed by atoms with E-state index < -0.39 is 36.4 Å². The van der Waals surface area contributed by atoms with Gasteiger partial charge in [0.05, 0.1) is 43.7 Å². The maximum Gasteiger partial charge on any atom is 1.00 e. The van der Waals surface area contributed by atoms with Gasteiger partial charge in [0.15, 0.2) is 0 Å². The molecule has 202 valence electrons. The first-order valence-corrected chi connectivity index (χ1v) is 12.9. The smallest absolute Gasteiger partial charge is 0.550 e. The first-order chi connectivity index (χ1) is 16.6. The van der Waals surface area contributed by atoms with E-state index in [2.05, 4.69) is 0 Å². The Morgan fingerprint density at radius 1 is 1.06 bits per heavy atom. The van der Waals surface area contributed by atoms with E-state index >= 15 is 0 Å². The van der Waals surface area contributed by atoms with Crippen LogP contribution in [0.3, 0.4) is 0 Å². The molecular formula is C26H43LiO9. The molecule has 2 saturated heterocycles. The molecule has 0 aromatic heterocycles. The quantitative estimate of drug-likeness (QED) is 0.0729. The molecule has 9 nitrogen and oxygen atoms in total. The summed E-state index contributed by atoms with van der Waals surface area (Å²) in [6, 6.07) is 0. The van der Waals surface area contributed by atoms with Crippen LogP contribution in [0, 0.1) is 11.8 Å². The fourth-order valence-electron chi connectivity index (χ4n) is 4.58. The van der Waals surface area contributed by atoms with Crippen molar-refractivity contribution in [2.75, 3.05) is 13.2 Å². The van der Waals surface area contributed by atoms with Gasteiger partial charge in [0.1, 0.15) is 6.10 Å². The molecule has 0 spiro atoms. The molecule has 2 rings (SSSR count). The van der Waals surface area contributed by atoms with Crippen molar-refractivity contribution in [3.8, 4) is 0 Å². The van der Waals surface area contributed by atoms with Crippen LogP contribution in [0.15, 0.2) is 11.6 Å². The summed E-state index contributed by atoms with van der Waals surface area (Å²) in [5.74, 6) is -1.68. The van der Waals surface area contributed by atoms with E-state index in [4.69, 9.17) is 14.2 Å². The van der Waals surface area contributed by atoms with Gasteiger partial charge in [-0.3, -0.25) is 0 Å². The first-order valence-electron chi connectivity index (χ1n) is 12.9.